The van der Waals surface area contributed by atoms with Gasteiger partial charge in [0.1, 0.15) is 11.5 Å². The first-order valence-electron chi connectivity index (χ1n) is 7.94. The number of ether oxygens (including phenoxy) is 2. The predicted molar refractivity (Wildman–Crippen MR) is 98.4 cm³/mol. The Morgan fingerprint density at radius 1 is 1.04 bits per heavy atom. The third-order valence-electron chi connectivity index (χ3n) is 3.84. The van der Waals surface area contributed by atoms with Gasteiger partial charge in [-0.3, -0.25) is 4.79 Å². The highest BCUT2D eigenvalue weighted by molar-refractivity contribution is 6.30. The van der Waals surface area contributed by atoms with Crippen molar-refractivity contribution in [3.8, 4) is 11.5 Å². The van der Waals surface area contributed by atoms with Crippen LogP contribution in [0.4, 0.5) is 0 Å². The van der Waals surface area contributed by atoms with Crippen molar-refractivity contribution in [2.24, 2.45) is 0 Å². The maximum Gasteiger partial charge on any atom is 0.335 e. The molecule has 1 amide bonds. The SMILES string of the molecule is COc1cc(C(=O)O)ccc1CCNC(=O)Cc1cc(Cl)ccc1OC. The zero-order chi connectivity index (χ0) is 19.1. The normalized spacial score (nSPS) is 10.3. The Morgan fingerprint density at radius 2 is 1.77 bits per heavy atom. The van der Waals surface area contributed by atoms with E-state index in [0.29, 0.717) is 35.1 Å². The molecule has 2 rings (SSSR count). The van der Waals surface area contributed by atoms with Crippen LogP contribution >= 0.6 is 11.6 Å². The molecule has 0 aliphatic rings. The topological polar surface area (TPSA) is 84.9 Å². The smallest absolute Gasteiger partial charge is 0.335 e. The van der Waals surface area contributed by atoms with Crippen molar-refractivity contribution in [1.29, 1.82) is 0 Å². The highest BCUT2D eigenvalue weighted by Crippen LogP contribution is 2.23. The summed E-state index contributed by atoms with van der Waals surface area (Å²) in [7, 11) is 3.02. The minimum Gasteiger partial charge on any atom is -0.496 e. The second-order valence-corrected chi connectivity index (χ2v) is 6.00. The molecule has 0 radical (unpaired) electrons. The molecule has 0 heterocycles. The summed E-state index contributed by atoms with van der Waals surface area (Å²) >= 11 is 5.97. The summed E-state index contributed by atoms with van der Waals surface area (Å²) in [6, 6.07) is 9.80. The van der Waals surface area contributed by atoms with Crippen LogP contribution in [0.5, 0.6) is 11.5 Å². The number of carboxylic acids is 1. The largest absolute Gasteiger partial charge is 0.496 e. The number of carbonyl (C=O) groups excluding carboxylic acids is 1. The first-order chi connectivity index (χ1) is 12.4. The van der Waals surface area contributed by atoms with Crippen LogP contribution in [0.2, 0.25) is 5.02 Å². The lowest BCUT2D eigenvalue weighted by molar-refractivity contribution is -0.120. The standard InChI is InChI=1S/C19H20ClNO5/c1-25-16-6-5-15(20)9-14(16)11-18(22)21-8-7-12-3-4-13(19(23)24)10-17(12)26-2/h3-6,9-10H,7-8,11H2,1-2H3,(H,21,22)(H,23,24). The first-order valence-corrected chi connectivity index (χ1v) is 8.31. The molecule has 2 aromatic rings. The van der Waals surface area contributed by atoms with E-state index in [1.54, 1.807) is 24.3 Å². The molecule has 0 spiro atoms. The number of benzene rings is 2. The number of amides is 1. The zero-order valence-corrected chi connectivity index (χ0v) is 15.3. The molecule has 2 aromatic carbocycles. The molecule has 0 aliphatic carbocycles. The number of aromatic carboxylic acids is 1. The van der Waals surface area contributed by atoms with Crippen LogP contribution in [-0.2, 0) is 17.6 Å². The van der Waals surface area contributed by atoms with Crippen LogP contribution in [0.25, 0.3) is 0 Å². The minimum atomic E-state index is -1.02. The lowest BCUT2D eigenvalue weighted by Crippen LogP contribution is -2.27. The maximum absolute atomic E-state index is 12.2. The summed E-state index contributed by atoms with van der Waals surface area (Å²) in [5, 5.41) is 12.4. The average Bonchev–Trinajstić information content (AvgIpc) is 2.62. The van der Waals surface area contributed by atoms with Crippen LogP contribution < -0.4 is 14.8 Å². The van der Waals surface area contributed by atoms with Crippen molar-refractivity contribution >= 4 is 23.5 Å². The molecule has 0 saturated carbocycles. The number of halogens is 1. The molecule has 0 unspecified atom stereocenters. The molecular formula is C19H20ClNO5. The molecular weight excluding hydrogens is 358 g/mol. The van der Waals surface area contributed by atoms with Gasteiger partial charge in [0, 0.05) is 17.1 Å². The van der Waals surface area contributed by atoms with Gasteiger partial charge in [-0.2, -0.15) is 0 Å². The number of hydrogen-bond donors (Lipinski definition) is 2. The summed E-state index contributed by atoms with van der Waals surface area (Å²) in [5.41, 5.74) is 1.68. The van der Waals surface area contributed by atoms with Gasteiger partial charge >= 0.3 is 5.97 Å². The first kappa shape index (κ1) is 19.6. The van der Waals surface area contributed by atoms with Crippen molar-refractivity contribution in [3.05, 3.63) is 58.1 Å². The number of rotatable bonds is 8. The lowest BCUT2D eigenvalue weighted by Gasteiger charge is -2.11. The molecule has 6 nitrogen and oxygen atoms in total. The third kappa shape index (κ3) is 5.13. The highest BCUT2D eigenvalue weighted by atomic mass is 35.5. The molecule has 0 fully saturated rings. The fraction of sp³-hybridized carbons (Fsp3) is 0.263. The van der Waals surface area contributed by atoms with Gasteiger partial charge in [-0.25, -0.2) is 4.79 Å². The van der Waals surface area contributed by atoms with E-state index < -0.39 is 5.97 Å². The second-order valence-electron chi connectivity index (χ2n) is 5.56. The molecule has 0 aromatic heterocycles. The lowest BCUT2D eigenvalue weighted by atomic mass is 10.1. The van der Waals surface area contributed by atoms with Crippen molar-refractivity contribution in [3.63, 3.8) is 0 Å². The Kier molecular flexibility index (Phi) is 6.86. The Bertz CT molecular complexity index is 807. The van der Waals surface area contributed by atoms with Gasteiger partial charge in [-0.05, 0) is 42.3 Å². The van der Waals surface area contributed by atoms with Crippen LogP contribution in [-0.4, -0.2) is 37.7 Å². The highest BCUT2D eigenvalue weighted by Gasteiger charge is 2.11. The Morgan fingerprint density at radius 3 is 2.42 bits per heavy atom. The summed E-state index contributed by atoms with van der Waals surface area (Å²) in [4.78, 5) is 23.2. The minimum absolute atomic E-state index is 0.152. The molecule has 0 atom stereocenters. The van der Waals surface area contributed by atoms with Crippen molar-refractivity contribution in [2.45, 2.75) is 12.8 Å². The van der Waals surface area contributed by atoms with Gasteiger partial charge in [-0.15, -0.1) is 0 Å². The van der Waals surface area contributed by atoms with E-state index in [1.165, 1.54) is 26.4 Å². The van der Waals surface area contributed by atoms with E-state index >= 15 is 0 Å². The van der Waals surface area contributed by atoms with Gasteiger partial charge < -0.3 is 19.9 Å². The monoisotopic (exact) mass is 377 g/mol. The van der Waals surface area contributed by atoms with E-state index in [9.17, 15) is 9.59 Å². The molecule has 0 aliphatic heterocycles. The van der Waals surface area contributed by atoms with Gasteiger partial charge in [0.25, 0.3) is 0 Å². The van der Waals surface area contributed by atoms with E-state index in [0.717, 1.165) is 5.56 Å². The number of methoxy groups -OCH3 is 2. The third-order valence-corrected chi connectivity index (χ3v) is 4.08. The summed E-state index contributed by atoms with van der Waals surface area (Å²) in [6.07, 6.45) is 0.667. The predicted octanol–water partition coefficient (Wildman–Crippen LogP) is 2.96. The number of hydrogen-bond acceptors (Lipinski definition) is 4. The van der Waals surface area contributed by atoms with Crippen molar-refractivity contribution in [1.82, 2.24) is 5.32 Å². The zero-order valence-electron chi connectivity index (χ0n) is 14.5. The second kappa shape index (κ2) is 9.10. The Hall–Kier alpha value is -2.73. The fourth-order valence-electron chi connectivity index (χ4n) is 2.54. The average molecular weight is 378 g/mol. The van der Waals surface area contributed by atoms with Crippen LogP contribution in [0.1, 0.15) is 21.5 Å². The molecule has 7 heteroatoms. The van der Waals surface area contributed by atoms with Gasteiger partial charge in [0.15, 0.2) is 0 Å². The quantitative estimate of drug-likeness (QED) is 0.738. The van der Waals surface area contributed by atoms with Gasteiger partial charge in [0.2, 0.25) is 5.91 Å². The van der Waals surface area contributed by atoms with Crippen LogP contribution in [0.3, 0.4) is 0 Å². The molecule has 138 valence electrons. The molecule has 26 heavy (non-hydrogen) atoms. The van der Waals surface area contributed by atoms with E-state index in [2.05, 4.69) is 5.32 Å². The van der Waals surface area contributed by atoms with Crippen molar-refractivity contribution < 1.29 is 24.2 Å². The van der Waals surface area contributed by atoms with Crippen LogP contribution in [0.15, 0.2) is 36.4 Å². The maximum atomic E-state index is 12.2. The van der Waals surface area contributed by atoms with Crippen molar-refractivity contribution in [2.75, 3.05) is 20.8 Å². The van der Waals surface area contributed by atoms with E-state index in [-0.39, 0.29) is 17.9 Å². The summed E-state index contributed by atoms with van der Waals surface area (Å²) in [6.45, 7) is 0.393. The Labute approximate surface area is 156 Å². The molecule has 2 N–H and O–H groups in total. The fourth-order valence-corrected chi connectivity index (χ4v) is 2.74. The van der Waals surface area contributed by atoms with E-state index in [1.807, 2.05) is 0 Å². The Balaban J connectivity index is 1.94. The number of nitrogens with one attached hydrogen (secondary N) is 1. The number of carboxylic acid groups (broad SMARTS) is 1. The van der Waals surface area contributed by atoms with Crippen LogP contribution in [0, 0.1) is 0 Å². The molecule has 0 bridgehead atoms. The van der Waals surface area contributed by atoms with Gasteiger partial charge in [0.05, 0.1) is 26.2 Å². The number of carbonyl (C=O) groups is 2. The molecule has 0 saturated heterocycles. The van der Waals surface area contributed by atoms with Gasteiger partial charge in [-0.1, -0.05) is 17.7 Å². The van der Waals surface area contributed by atoms with E-state index in [4.69, 9.17) is 26.2 Å². The summed E-state index contributed by atoms with van der Waals surface area (Å²) < 4.78 is 10.5. The summed E-state index contributed by atoms with van der Waals surface area (Å²) in [5.74, 6) is -0.0866.